The van der Waals surface area contributed by atoms with Crippen LogP contribution in [0.25, 0.3) is 0 Å². The lowest BCUT2D eigenvalue weighted by Crippen LogP contribution is -2.40. The molecule has 1 rings (SSSR count). The standard InChI is InChI=1S/C17H25NO4/c1-12-8-6-7-9-13(12)11-18-14(16(20)21-5)10-15(19)22-17(2,3)4/h6-9,14,18H,10-11H2,1-5H3/t14-/m0/s1. The molecule has 0 fully saturated rings. The van der Waals surface area contributed by atoms with Gasteiger partial charge in [0.1, 0.15) is 11.6 Å². The molecule has 0 aliphatic heterocycles. The van der Waals surface area contributed by atoms with Gasteiger partial charge in [-0.1, -0.05) is 24.3 Å². The number of ether oxygens (including phenoxy) is 2. The first-order valence-electron chi connectivity index (χ1n) is 7.30. The zero-order valence-electron chi connectivity index (χ0n) is 13.9. The molecule has 5 heteroatoms. The van der Waals surface area contributed by atoms with E-state index in [0.717, 1.165) is 11.1 Å². The minimum absolute atomic E-state index is 0.0597. The molecule has 1 aromatic rings. The monoisotopic (exact) mass is 307 g/mol. The molecule has 22 heavy (non-hydrogen) atoms. The molecule has 1 atom stereocenters. The summed E-state index contributed by atoms with van der Waals surface area (Å²) in [6.07, 6.45) is -0.0597. The Hall–Kier alpha value is -1.88. The van der Waals surface area contributed by atoms with E-state index in [-0.39, 0.29) is 6.42 Å². The van der Waals surface area contributed by atoms with Crippen LogP contribution in [0.5, 0.6) is 0 Å². The van der Waals surface area contributed by atoms with E-state index in [4.69, 9.17) is 9.47 Å². The minimum atomic E-state index is -0.723. The van der Waals surface area contributed by atoms with E-state index in [1.807, 2.05) is 31.2 Å². The van der Waals surface area contributed by atoms with Gasteiger partial charge in [0.2, 0.25) is 0 Å². The molecule has 5 nitrogen and oxygen atoms in total. The van der Waals surface area contributed by atoms with Crippen molar-refractivity contribution in [3.8, 4) is 0 Å². The van der Waals surface area contributed by atoms with Gasteiger partial charge in [-0.05, 0) is 38.8 Å². The number of hydrogen-bond acceptors (Lipinski definition) is 5. The van der Waals surface area contributed by atoms with Crippen LogP contribution < -0.4 is 5.32 Å². The number of esters is 2. The van der Waals surface area contributed by atoms with Crippen LogP contribution in [0.3, 0.4) is 0 Å². The Bertz CT molecular complexity index is 520. The Morgan fingerprint density at radius 1 is 1.23 bits per heavy atom. The number of benzene rings is 1. The van der Waals surface area contributed by atoms with E-state index in [2.05, 4.69) is 5.32 Å². The van der Waals surface area contributed by atoms with Crippen molar-refractivity contribution in [2.75, 3.05) is 7.11 Å². The number of carbonyl (C=O) groups is 2. The quantitative estimate of drug-likeness (QED) is 0.817. The highest BCUT2D eigenvalue weighted by atomic mass is 16.6. The molecule has 0 unspecified atom stereocenters. The molecule has 0 aromatic heterocycles. The van der Waals surface area contributed by atoms with Crippen LogP contribution in [-0.4, -0.2) is 30.7 Å². The molecule has 0 spiro atoms. The lowest BCUT2D eigenvalue weighted by atomic mass is 10.1. The van der Waals surface area contributed by atoms with Crippen molar-refractivity contribution in [2.45, 2.75) is 52.3 Å². The molecule has 0 radical (unpaired) electrons. The zero-order valence-corrected chi connectivity index (χ0v) is 13.9. The van der Waals surface area contributed by atoms with Crippen molar-refractivity contribution in [3.63, 3.8) is 0 Å². The van der Waals surface area contributed by atoms with E-state index in [9.17, 15) is 9.59 Å². The van der Waals surface area contributed by atoms with Crippen LogP contribution in [0.15, 0.2) is 24.3 Å². The van der Waals surface area contributed by atoms with Gasteiger partial charge in [-0.2, -0.15) is 0 Å². The Kier molecular flexibility index (Phi) is 6.56. The van der Waals surface area contributed by atoms with E-state index < -0.39 is 23.6 Å². The van der Waals surface area contributed by atoms with Crippen molar-refractivity contribution in [1.29, 1.82) is 0 Å². The smallest absolute Gasteiger partial charge is 0.323 e. The van der Waals surface area contributed by atoms with Gasteiger partial charge in [0.25, 0.3) is 0 Å². The third-order valence-corrected chi connectivity index (χ3v) is 3.08. The van der Waals surface area contributed by atoms with Gasteiger partial charge in [0, 0.05) is 6.54 Å². The van der Waals surface area contributed by atoms with Gasteiger partial charge in [0.15, 0.2) is 0 Å². The van der Waals surface area contributed by atoms with Gasteiger partial charge in [-0.25, -0.2) is 0 Å². The zero-order chi connectivity index (χ0) is 16.8. The summed E-state index contributed by atoms with van der Waals surface area (Å²) in [6, 6.07) is 7.14. The summed E-state index contributed by atoms with van der Waals surface area (Å²) in [5.41, 5.74) is 1.62. The number of hydrogen-bond donors (Lipinski definition) is 1. The normalized spacial score (nSPS) is 12.6. The lowest BCUT2D eigenvalue weighted by molar-refractivity contribution is -0.159. The van der Waals surface area contributed by atoms with Crippen molar-refractivity contribution in [2.24, 2.45) is 0 Å². The second kappa shape index (κ2) is 7.94. The summed E-state index contributed by atoms with van der Waals surface area (Å²) in [5, 5.41) is 3.07. The molecular formula is C17H25NO4. The number of carbonyl (C=O) groups excluding carboxylic acids is 2. The Morgan fingerprint density at radius 3 is 2.41 bits per heavy atom. The molecule has 1 aromatic carbocycles. The summed E-state index contributed by atoms with van der Waals surface area (Å²) in [7, 11) is 1.31. The molecule has 0 amide bonds. The van der Waals surface area contributed by atoms with Gasteiger partial charge >= 0.3 is 11.9 Å². The third-order valence-electron chi connectivity index (χ3n) is 3.08. The Balaban J connectivity index is 2.67. The molecule has 0 bridgehead atoms. The van der Waals surface area contributed by atoms with Crippen LogP contribution in [0.1, 0.15) is 38.3 Å². The maximum absolute atomic E-state index is 11.9. The summed E-state index contributed by atoms with van der Waals surface area (Å²) < 4.78 is 10.0. The molecule has 1 N–H and O–H groups in total. The van der Waals surface area contributed by atoms with E-state index in [1.165, 1.54) is 7.11 Å². The highest BCUT2D eigenvalue weighted by Crippen LogP contribution is 2.11. The van der Waals surface area contributed by atoms with Crippen molar-refractivity contribution in [3.05, 3.63) is 35.4 Å². The molecule has 0 saturated heterocycles. The van der Waals surface area contributed by atoms with Crippen LogP contribution in [0, 0.1) is 6.92 Å². The first-order valence-corrected chi connectivity index (χ1v) is 7.30. The average Bonchev–Trinajstić information content (AvgIpc) is 2.42. The second-order valence-electron chi connectivity index (χ2n) is 6.17. The van der Waals surface area contributed by atoms with E-state index in [1.54, 1.807) is 20.8 Å². The molecule has 0 aliphatic carbocycles. The van der Waals surface area contributed by atoms with Gasteiger partial charge in [-0.15, -0.1) is 0 Å². The first-order chi connectivity index (χ1) is 10.2. The Morgan fingerprint density at radius 2 is 1.86 bits per heavy atom. The maximum Gasteiger partial charge on any atom is 0.323 e. The summed E-state index contributed by atoms with van der Waals surface area (Å²) in [5.74, 6) is -0.903. The Labute approximate surface area is 132 Å². The highest BCUT2D eigenvalue weighted by Gasteiger charge is 2.25. The fourth-order valence-corrected chi connectivity index (χ4v) is 1.97. The second-order valence-corrected chi connectivity index (χ2v) is 6.17. The average molecular weight is 307 g/mol. The molecule has 0 aliphatic rings. The van der Waals surface area contributed by atoms with Crippen molar-refractivity contribution < 1.29 is 19.1 Å². The van der Waals surface area contributed by atoms with E-state index >= 15 is 0 Å². The predicted molar refractivity (Wildman–Crippen MR) is 84.3 cm³/mol. The lowest BCUT2D eigenvalue weighted by Gasteiger charge is -2.22. The first kappa shape index (κ1) is 18.2. The van der Waals surface area contributed by atoms with Crippen LogP contribution in [-0.2, 0) is 25.6 Å². The number of rotatable bonds is 6. The van der Waals surface area contributed by atoms with E-state index in [0.29, 0.717) is 6.54 Å². The third kappa shape index (κ3) is 6.26. The van der Waals surface area contributed by atoms with Crippen molar-refractivity contribution >= 4 is 11.9 Å². The summed E-state index contributed by atoms with van der Waals surface area (Å²) >= 11 is 0. The molecule has 0 saturated carbocycles. The van der Waals surface area contributed by atoms with Crippen LogP contribution >= 0.6 is 0 Å². The number of methoxy groups -OCH3 is 1. The van der Waals surface area contributed by atoms with Crippen LogP contribution in [0.2, 0.25) is 0 Å². The van der Waals surface area contributed by atoms with Crippen molar-refractivity contribution in [1.82, 2.24) is 5.32 Å². The number of nitrogens with one attached hydrogen (secondary N) is 1. The molecular weight excluding hydrogens is 282 g/mol. The largest absolute Gasteiger partial charge is 0.468 e. The molecule has 122 valence electrons. The fraction of sp³-hybridized carbons (Fsp3) is 0.529. The topological polar surface area (TPSA) is 64.6 Å². The fourth-order valence-electron chi connectivity index (χ4n) is 1.97. The summed E-state index contributed by atoms with van der Waals surface area (Å²) in [4.78, 5) is 23.7. The SMILES string of the molecule is COC(=O)[C@H](CC(=O)OC(C)(C)C)NCc1ccccc1C. The highest BCUT2D eigenvalue weighted by molar-refractivity contribution is 5.82. The minimum Gasteiger partial charge on any atom is -0.468 e. The molecule has 0 heterocycles. The maximum atomic E-state index is 11.9. The van der Waals surface area contributed by atoms with Crippen LogP contribution in [0.4, 0.5) is 0 Å². The summed E-state index contributed by atoms with van der Waals surface area (Å²) in [6.45, 7) is 7.85. The van der Waals surface area contributed by atoms with Gasteiger partial charge in [-0.3, -0.25) is 14.9 Å². The number of aryl methyl sites for hydroxylation is 1. The van der Waals surface area contributed by atoms with Gasteiger partial charge < -0.3 is 9.47 Å². The van der Waals surface area contributed by atoms with Gasteiger partial charge in [0.05, 0.1) is 13.5 Å². The predicted octanol–water partition coefficient (Wildman–Crippen LogP) is 2.36.